The summed E-state index contributed by atoms with van der Waals surface area (Å²) in [6.45, 7) is 2.99. The molecule has 0 fully saturated rings. The minimum atomic E-state index is 0.235. The first-order chi connectivity index (χ1) is 6.77. The van der Waals surface area contributed by atoms with Crippen molar-refractivity contribution in [1.29, 1.82) is 0 Å². The molecule has 0 saturated heterocycles. The van der Waals surface area contributed by atoms with E-state index in [9.17, 15) is 0 Å². The van der Waals surface area contributed by atoms with Gasteiger partial charge in [0.2, 0.25) is 0 Å². The van der Waals surface area contributed by atoms with Gasteiger partial charge in [-0.25, -0.2) is 0 Å². The molecule has 0 aromatic heterocycles. The third kappa shape index (κ3) is 3.13. The molecular weight excluding hydrogens is 174 g/mol. The molecule has 14 heavy (non-hydrogen) atoms. The van der Waals surface area contributed by atoms with E-state index in [0.717, 1.165) is 12.8 Å². The molecule has 3 N–H and O–H groups in total. The molecule has 1 unspecified atom stereocenters. The van der Waals surface area contributed by atoms with Crippen LogP contribution in [0.4, 0.5) is 0 Å². The van der Waals surface area contributed by atoms with Gasteiger partial charge in [0.1, 0.15) is 0 Å². The minimum absolute atomic E-state index is 0.235. The maximum atomic E-state index is 8.94. The van der Waals surface area contributed by atoms with Crippen LogP contribution in [0.15, 0.2) is 24.3 Å². The van der Waals surface area contributed by atoms with E-state index in [1.165, 1.54) is 11.1 Å². The summed E-state index contributed by atoms with van der Waals surface area (Å²) < 4.78 is 0. The number of benzene rings is 1. The van der Waals surface area contributed by atoms with Crippen LogP contribution in [-0.2, 0) is 0 Å². The molecule has 1 aromatic carbocycles. The van der Waals surface area contributed by atoms with Crippen molar-refractivity contribution in [2.24, 2.45) is 5.73 Å². The maximum absolute atomic E-state index is 8.94. The molecule has 0 spiro atoms. The second kappa shape index (κ2) is 5.78. The molecule has 2 heteroatoms. The van der Waals surface area contributed by atoms with Gasteiger partial charge in [0.25, 0.3) is 0 Å². The van der Waals surface area contributed by atoms with Crippen LogP contribution in [0.5, 0.6) is 0 Å². The lowest BCUT2D eigenvalue weighted by Crippen LogP contribution is -2.09. The summed E-state index contributed by atoms with van der Waals surface area (Å²) in [5.41, 5.74) is 8.10. The monoisotopic (exact) mass is 193 g/mol. The third-order valence-electron chi connectivity index (χ3n) is 2.54. The zero-order chi connectivity index (χ0) is 10.4. The Balaban J connectivity index is 2.71. The van der Waals surface area contributed by atoms with E-state index in [0.29, 0.717) is 12.5 Å². The molecule has 0 bridgehead atoms. The summed E-state index contributed by atoms with van der Waals surface area (Å²) in [7, 11) is 0. The van der Waals surface area contributed by atoms with Crippen molar-refractivity contribution in [2.45, 2.75) is 25.7 Å². The van der Waals surface area contributed by atoms with Crippen molar-refractivity contribution in [3.8, 4) is 0 Å². The van der Waals surface area contributed by atoms with Crippen molar-refractivity contribution in [2.75, 3.05) is 13.2 Å². The summed E-state index contributed by atoms with van der Waals surface area (Å²) in [6, 6.07) is 8.48. The van der Waals surface area contributed by atoms with Crippen LogP contribution in [0.3, 0.4) is 0 Å². The molecule has 1 aromatic rings. The highest BCUT2D eigenvalue weighted by molar-refractivity contribution is 5.24. The first-order valence-corrected chi connectivity index (χ1v) is 5.15. The van der Waals surface area contributed by atoms with Gasteiger partial charge in [-0.3, -0.25) is 0 Å². The van der Waals surface area contributed by atoms with Crippen LogP contribution in [0, 0.1) is 6.92 Å². The molecular formula is C12H19NO. The topological polar surface area (TPSA) is 46.2 Å². The largest absolute Gasteiger partial charge is 0.396 e. The molecule has 1 atom stereocenters. The minimum Gasteiger partial charge on any atom is -0.396 e. The Morgan fingerprint density at radius 2 is 1.86 bits per heavy atom. The Kier molecular flexibility index (Phi) is 4.63. The molecule has 0 heterocycles. The quantitative estimate of drug-likeness (QED) is 0.749. The Hall–Kier alpha value is -0.860. The van der Waals surface area contributed by atoms with Crippen LogP contribution < -0.4 is 5.73 Å². The molecule has 0 aliphatic carbocycles. The number of rotatable bonds is 5. The summed E-state index contributed by atoms with van der Waals surface area (Å²) in [6.07, 6.45) is 1.75. The maximum Gasteiger partial charge on any atom is 0.0436 e. The fourth-order valence-corrected chi connectivity index (χ4v) is 1.67. The fraction of sp³-hybridized carbons (Fsp3) is 0.500. The fourth-order valence-electron chi connectivity index (χ4n) is 1.67. The third-order valence-corrected chi connectivity index (χ3v) is 2.54. The molecule has 0 radical (unpaired) electrons. The van der Waals surface area contributed by atoms with E-state index >= 15 is 0 Å². The predicted molar refractivity (Wildman–Crippen MR) is 59.3 cm³/mol. The number of hydrogen-bond acceptors (Lipinski definition) is 2. The van der Waals surface area contributed by atoms with Gasteiger partial charge in [-0.05, 0) is 37.8 Å². The van der Waals surface area contributed by atoms with E-state index in [-0.39, 0.29) is 6.61 Å². The van der Waals surface area contributed by atoms with E-state index in [1.807, 2.05) is 0 Å². The zero-order valence-electron chi connectivity index (χ0n) is 8.74. The molecule has 0 aliphatic rings. The van der Waals surface area contributed by atoms with Gasteiger partial charge in [0, 0.05) is 6.61 Å². The van der Waals surface area contributed by atoms with Gasteiger partial charge >= 0.3 is 0 Å². The lowest BCUT2D eigenvalue weighted by Gasteiger charge is -2.15. The Morgan fingerprint density at radius 3 is 2.36 bits per heavy atom. The molecule has 2 nitrogen and oxygen atoms in total. The second-order valence-electron chi connectivity index (χ2n) is 3.70. The van der Waals surface area contributed by atoms with E-state index in [2.05, 4.69) is 31.2 Å². The first-order valence-electron chi connectivity index (χ1n) is 5.15. The van der Waals surface area contributed by atoms with Crippen molar-refractivity contribution >= 4 is 0 Å². The number of aliphatic hydroxyl groups excluding tert-OH is 1. The average molecular weight is 193 g/mol. The molecule has 0 amide bonds. The summed E-state index contributed by atoms with van der Waals surface area (Å²) >= 11 is 0. The highest BCUT2D eigenvalue weighted by Gasteiger charge is 2.09. The van der Waals surface area contributed by atoms with Crippen molar-refractivity contribution < 1.29 is 5.11 Å². The lowest BCUT2D eigenvalue weighted by atomic mass is 9.92. The first kappa shape index (κ1) is 11.2. The van der Waals surface area contributed by atoms with E-state index in [1.54, 1.807) is 0 Å². The number of nitrogens with two attached hydrogens (primary N) is 1. The van der Waals surface area contributed by atoms with Gasteiger partial charge in [0.15, 0.2) is 0 Å². The molecule has 0 saturated carbocycles. The van der Waals surface area contributed by atoms with Crippen LogP contribution in [0.1, 0.15) is 29.9 Å². The van der Waals surface area contributed by atoms with Gasteiger partial charge in [-0.1, -0.05) is 29.8 Å². The average Bonchev–Trinajstić information content (AvgIpc) is 2.19. The Labute approximate surface area is 85.8 Å². The smallest absolute Gasteiger partial charge is 0.0436 e. The van der Waals surface area contributed by atoms with Crippen molar-refractivity contribution in [3.05, 3.63) is 35.4 Å². The number of hydrogen-bond donors (Lipinski definition) is 2. The second-order valence-corrected chi connectivity index (χ2v) is 3.70. The van der Waals surface area contributed by atoms with Crippen molar-refractivity contribution in [1.82, 2.24) is 0 Å². The standard InChI is InChI=1S/C12H19NO/c1-10-2-4-11(5-3-10)12(6-8-13)7-9-14/h2-5,12,14H,6-9,13H2,1H3. The van der Waals surface area contributed by atoms with Gasteiger partial charge < -0.3 is 10.8 Å². The van der Waals surface area contributed by atoms with Gasteiger partial charge in [-0.15, -0.1) is 0 Å². The summed E-state index contributed by atoms with van der Waals surface area (Å²) in [4.78, 5) is 0. The summed E-state index contributed by atoms with van der Waals surface area (Å²) in [5.74, 6) is 0.408. The highest BCUT2D eigenvalue weighted by atomic mass is 16.3. The van der Waals surface area contributed by atoms with Gasteiger partial charge in [0.05, 0.1) is 0 Å². The summed E-state index contributed by atoms with van der Waals surface area (Å²) in [5, 5.41) is 8.94. The molecule has 0 aliphatic heterocycles. The van der Waals surface area contributed by atoms with Crippen molar-refractivity contribution in [3.63, 3.8) is 0 Å². The van der Waals surface area contributed by atoms with E-state index in [4.69, 9.17) is 10.8 Å². The Morgan fingerprint density at radius 1 is 1.21 bits per heavy atom. The lowest BCUT2D eigenvalue weighted by molar-refractivity contribution is 0.273. The SMILES string of the molecule is Cc1ccc(C(CCN)CCO)cc1. The van der Waals surface area contributed by atoms with Crippen LogP contribution in [0.25, 0.3) is 0 Å². The molecule has 78 valence electrons. The normalized spacial score (nSPS) is 12.8. The zero-order valence-corrected chi connectivity index (χ0v) is 8.74. The number of aryl methyl sites for hydroxylation is 1. The van der Waals surface area contributed by atoms with Crippen LogP contribution in [-0.4, -0.2) is 18.3 Å². The highest BCUT2D eigenvalue weighted by Crippen LogP contribution is 2.22. The van der Waals surface area contributed by atoms with Crippen LogP contribution >= 0.6 is 0 Å². The van der Waals surface area contributed by atoms with Gasteiger partial charge in [-0.2, -0.15) is 0 Å². The van der Waals surface area contributed by atoms with E-state index < -0.39 is 0 Å². The number of aliphatic hydroxyl groups is 1. The van der Waals surface area contributed by atoms with Crippen LogP contribution in [0.2, 0.25) is 0 Å². The predicted octanol–water partition coefficient (Wildman–Crippen LogP) is 1.81. The Bertz CT molecular complexity index is 250. The molecule has 1 rings (SSSR count).